The first-order valence-electron chi connectivity index (χ1n) is 5.61. The molecule has 0 atom stereocenters. The van der Waals surface area contributed by atoms with Crippen LogP contribution >= 0.6 is 0 Å². The lowest BCUT2D eigenvalue weighted by Gasteiger charge is -2.00. The Hall–Kier alpha value is -2.55. The molecule has 18 heavy (non-hydrogen) atoms. The van der Waals surface area contributed by atoms with Crippen molar-refractivity contribution in [1.82, 2.24) is 0 Å². The monoisotopic (exact) mass is 238 g/mol. The van der Waals surface area contributed by atoms with Gasteiger partial charge in [-0.1, -0.05) is 48.5 Å². The van der Waals surface area contributed by atoms with Crippen molar-refractivity contribution >= 4 is 17.3 Å². The Balaban J connectivity index is 2.21. The van der Waals surface area contributed by atoms with Crippen LogP contribution < -0.4 is 5.73 Å². The summed E-state index contributed by atoms with van der Waals surface area (Å²) in [5.74, 6) is 0.371. The van der Waals surface area contributed by atoms with Gasteiger partial charge in [-0.2, -0.15) is 0 Å². The van der Waals surface area contributed by atoms with Crippen molar-refractivity contribution in [2.24, 2.45) is 10.7 Å². The predicted octanol–water partition coefficient (Wildman–Crippen LogP) is 3.27. The number of para-hydroxylation sites is 1. The van der Waals surface area contributed by atoms with Gasteiger partial charge in [-0.3, -0.25) is 0 Å². The number of aliphatic imine (C=N–C) groups is 1. The number of hydrogen-bond acceptors (Lipinski definition) is 2. The highest BCUT2D eigenvalue weighted by Gasteiger charge is 1.98. The van der Waals surface area contributed by atoms with Crippen molar-refractivity contribution in [1.29, 1.82) is 0 Å². The molecule has 0 aliphatic carbocycles. The first-order valence-corrected chi connectivity index (χ1v) is 5.61. The summed E-state index contributed by atoms with van der Waals surface area (Å²) in [5.41, 5.74) is 7.23. The second-order valence-corrected chi connectivity index (χ2v) is 3.77. The molecular formula is C15H14N2O. The third-order valence-corrected chi connectivity index (χ3v) is 2.37. The van der Waals surface area contributed by atoms with E-state index >= 15 is 0 Å². The zero-order valence-corrected chi connectivity index (χ0v) is 9.82. The summed E-state index contributed by atoms with van der Waals surface area (Å²) in [6, 6.07) is 18.6. The number of nitrogens with two attached hydrogens (primary N) is 1. The topological polar surface area (TPSA) is 58.6 Å². The van der Waals surface area contributed by atoms with E-state index in [1.807, 2.05) is 60.7 Å². The predicted molar refractivity (Wildman–Crippen MR) is 74.8 cm³/mol. The molecule has 0 saturated heterocycles. The minimum atomic E-state index is 0.104. The Labute approximate surface area is 106 Å². The summed E-state index contributed by atoms with van der Waals surface area (Å²) in [4.78, 5) is 4.18. The molecule has 0 saturated carbocycles. The largest absolute Gasteiger partial charge is 0.507 e. The highest BCUT2D eigenvalue weighted by atomic mass is 16.3. The minimum absolute atomic E-state index is 0.104. The van der Waals surface area contributed by atoms with Gasteiger partial charge < -0.3 is 10.8 Å². The van der Waals surface area contributed by atoms with E-state index in [0.29, 0.717) is 5.56 Å². The van der Waals surface area contributed by atoms with E-state index in [1.165, 1.54) is 6.08 Å². The molecule has 2 aromatic carbocycles. The van der Waals surface area contributed by atoms with E-state index in [1.54, 1.807) is 0 Å². The van der Waals surface area contributed by atoms with Gasteiger partial charge in [-0.25, -0.2) is 4.99 Å². The molecule has 3 N–H and O–H groups in total. The van der Waals surface area contributed by atoms with Gasteiger partial charge in [-0.15, -0.1) is 0 Å². The normalized spacial score (nSPS) is 12.4. The first-order chi connectivity index (χ1) is 8.75. The Bertz CT molecular complexity index is 560. The second kappa shape index (κ2) is 5.68. The summed E-state index contributed by atoms with van der Waals surface area (Å²) < 4.78 is 0. The SMILES string of the molecule is NC(/C=C(\O)c1ccccc1)=Nc1ccccc1. The molecule has 0 radical (unpaired) electrons. The Morgan fingerprint density at radius 1 is 0.944 bits per heavy atom. The van der Waals surface area contributed by atoms with Crippen LogP contribution in [0.3, 0.4) is 0 Å². The summed E-state index contributed by atoms with van der Waals surface area (Å²) in [6.07, 6.45) is 1.45. The van der Waals surface area contributed by atoms with Gasteiger partial charge >= 0.3 is 0 Å². The van der Waals surface area contributed by atoms with Crippen LogP contribution in [0.25, 0.3) is 5.76 Å². The lowest BCUT2D eigenvalue weighted by molar-refractivity contribution is 0.512. The molecule has 0 aromatic heterocycles. The van der Waals surface area contributed by atoms with Crippen molar-refractivity contribution in [3.8, 4) is 0 Å². The molecule has 0 aliphatic rings. The molecule has 0 fully saturated rings. The van der Waals surface area contributed by atoms with Crippen molar-refractivity contribution < 1.29 is 5.11 Å². The van der Waals surface area contributed by atoms with Gasteiger partial charge in [0.2, 0.25) is 0 Å². The zero-order valence-electron chi connectivity index (χ0n) is 9.82. The number of aliphatic hydroxyl groups excluding tert-OH is 1. The highest BCUT2D eigenvalue weighted by molar-refractivity contribution is 5.98. The van der Waals surface area contributed by atoms with Crippen LogP contribution in [0.1, 0.15) is 5.56 Å². The highest BCUT2D eigenvalue weighted by Crippen LogP contribution is 2.12. The fourth-order valence-electron chi connectivity index (χ4n) is 1.52. The standard InChI is InChI=1S/C15H14N2O/c16-15(17-13-9-5-2-6-10-13)11-14(18)12-7-3-1-4-8-12/h1-11,18H,(H2,16,17)/b14-11-. The van der Waals surface area contributed by atoms with E-state index in [-0.39, 0.29) is 11.6 Å². The fourth-order valence-corrected chi connectivity index (χ4v) is 1.52. The lowest BCUT2D eigenvalue weighted by atomic mass is 10.2. The van der Waals surface area contributed by atoms with Crippen LogP contribution in [0.15, 0.2) is 71.7 Å². The van der Waals surface area contributed by atoms with Crippen LogP contribution in [0.5, 0.6) is 0 Å². The molecule has 0 aliphatic heterocycles. The zero-order chi connectivity index (χ0) is 12.8. The Morgan fingerprint density at radius 2 is 1.50 bits per heavy atom. The third kappa shape index (κ3) is 3.22. The van der Waals surface area contributed by atoms with Gasteiger partial charge in [0.1, 0.15) is 11.6 Å². The van der Waals surface area contributed by atoms with Crippen molar-refractivity contribution in [2.45, 2.75) is 0 Å². The molecule has 3 nitrogen and oxygen atoms in total. The van der Waals surface area contributed by atoms with Crippen LogP contribution in [-0.4, -0.2) is 10.9 Å². The molecule has 0 spiro atoms. The van der Waals surface area contributed by atoms with Crippen LogP contribution in [0, 0.1) is 0 Å². The van der Waals surface area contributed by atoms with E-state index in [9.17, 15) is 5.11 Å². The van der Waals surface area contributed by atoms with Crippen molar-refractivity contribution in [3.05, 3.63) is 72.3 Å². The quantitative estimate of drug-likeness (QED) is 0.490. The molecule has 90 valence electrons. The van der Waals surface area contributed by atoms with E-state index in [4.69, 9.17) is 5.73 Å². The fraction of sp³-hybridized carbons (Fsp3) is 0. The molecular weight excluding hydrogens is 224 g/mol. The second-order valence-electron chi connectivity index (χ2n) is 3.77. The smallest absolute Gasteiger partial charge is 0.127 e. The maximum atomic E-state index is 9.87. The summed E-state index contributed by atoms with van der Waals surface area (Å²) in [5, 5.41) is 9.87. The molecule has 0 amide bonds. The van der Waals surface area contributed by atoms with Crippen LogP contribution in [0.2, 0.25) is 0 Å². The maximum Gasteiger partial charge on any atom is 0.127 e. The van der Waals surface area contributed by atoms with E-state index in [2.05, 4.69) is 4.99 Å². The maximum absolute atomic E-state index is 9.87. The Morgan fingerprint density at radius 3 is 2.11 bits per heavy atom. The number of amidine groups is 1. The number of rotatable bonds is 3. The van der Waals surface area contributed by atoms with E-state index in [0.717, 1.165) is 5.69 Å². The first kappa shape index (κ1) is 11.9. The van der Waals surface area contributed by atoms with Crippen LogP contribution in [0.4, 0.5) is 5.69 Å². The molecule has 0 unspecified atom stereocenters. The van der Waals surface area contributed by atoms with Gasteiger partial charge in [0, 0.05) is 11.6 Å². The minimum Gasteiger partial charge on any atom is -0.507 e. The average Bonchev–Trinajstić information content (AvgIpc) is 2.40. The van der Waals surface area contributed by atoms with Gasteiger partial charge in [-0.05, 0) is 12.1 Å². The van der Waals surface area contributed by atoms with E-state index < -0.39 is 0 Å². The lowest BCUT2D eigenvalue weighted by Crippen LogP contribution is -2.08. The van der Waals surface area contributed by atoms with Gasteiger partial charge in [0.05, 0.1) is 5.69 Å². The molecule has 2 rings (SSSR count). The summed E-state index contributed by atoms with van der Waals surface area (Å²) in [6.45, 7) is 0. The molecule has 0 heterocycles. The summed E-state index contributed by atoms with van der Waals surface area (Å²) >= 11 is 0. The molecule has 2 aromatic rings. The summed E-state index contributed by atoms with van der Waals surface area (Å²) in [7, 11) is 0. The van der Waals surface area contributed by atoms with Crippen LogP contribution in [-0.2, 0) is 0 Å². The Kier molecular flexibility index (Phi) is 3.76. The number of nitrogens with zero attached hydrogens (tertiary/aromatic N) is 1. The molecule has 3 heteroatoms. The average molecular weight is 238 g/mol. The van der Waals surface area contributed by atoms with Crippen molar-refractivity contribution in [2.75, 3.05) is 0 Å². The molecule has 0 bridgehead atoms. The number of aliphatic hydroxyl groups is 1. The number of hydrogen-bond donors (Lipinski definition) is 2. The van der Waals surface area contributed by atoms with Gasteiger partial charge in [0.25, 0.3) is 0 Å². The number of benzene rings is 2. The van der Waals surface area contributed by atoms with Crippen molar-refractivity contribution in [3.63, 3.8) is 0 Å². The van der Waals surface area contributed by atoms with Gasteiger partial charge in [0.15, 0.2) is 0 Å². The third-order valence-electron chi connectivity index (χ3n) is 2.37.